The van der Waals surface area contributed by atoms with E-state index in [-0.39, 0.29) is 6.10 Å². The van der Waals surface area contributed by atoms with Crippen molar-refractivity contribution in [1.29, 1.82) is 0 Å². The summed E-state index contributed by atoms with van der Waals surface area (Å²) in [4.78, 5) is 1.48. The van der Waals surface area contributed by atoms with Crippen molar-refractivity contribution >= 4 is 11.0 Å². The van der Waals surface area contributed by atoms with Gasteiger partial charge in [-0.05, 0) is 49.9 Å². The molecule has 0 bridgehead atoms. The predicted octanol–water partition coefficient (Wildman–Crippen LogP) is 2.12. The van der Waals surface area contributed by atoms with Crippen LogP contribution < -0.4 is 14.4 Å². The molecule has 0 unspecified atom stereocenters. The van der Waals surface area contributed by atoms with E-state index in [9.17, 15) is 10.2 Å². The molecule has 1 aliphatic carbocycles. The number of hydrogen-bond donors (Lipinski definition) is 3. The van der Waals surface area contributed by atoms with Gasteiger partial charge in [0.25, 0.3) is 5.88 Å². The van der Waals surface area contributed by atoms with Crippen molar-refractivity contribution < 1.29 is 33.8 Å². The van der Waals surface area contributed by atoms with E-state index in [0.717, 1.165) is 82.1 Å². The van der Waals surface area contributed by atoms with Gasteiger partial charge in [-0.25, -0.2) is 0 Å². The van der Waals surface area contributed by atoms with Crippen molar-refractivity contribution in [3.63, 3.8) is 0 Å². The first-order valence-corrected chi connectivity index (χ1v) is 12.9. The molecule has 2 aromatic rings. The Morgan fingerprint density at radius 2 is 1.79 bits per heavy atom. The van der Waals surface area contributed by atoms with Crippen LogP contribution in [-0.2, 0) is 4.74 Å². The van der Waals surface area contributed by atoms with Gasteiger partial charge >= 0.3 is 0 Å². The lowest BCUT2D eigenvalue weighted by Crippen LogP contribution is -3.15. The van der Waals surface area contributed by atoms with E-state index in [0.29, 0.717) is 37.2 Å². The molecule has 1 saturated carbocycles. The summed E-state index contributed by atoms with van der Waals surface area (Å²) < 4.78 is 23.4. The summed E-state index contributed by atoms with van der Waals surface area (Å²) in [7, 11) is 0. The number of quaternary nitrogens is 1. The number of aromatic nitrogens is 1. The number of benzene rings is 1. The fourth-order valence-electron chi connectivity index (χ4n) is 5.66. The third-order valence-electron chi connectivity index (χ3n) is 8.00. The van der Waals surface area contributed by atoms with Crippen LogP contribution in [0.5, 0.6) is 11.6 Å². The van der Waals surface area contributed by atoms with E-state index in [4.69, 9.17) is 18.7 Å². The molecule has 2 saturated heterocycles. The summed E-state index contributed by atoms with van der Waals surface area (Å²) in [5.41, 5.74) is -0.488. The second kappa shape index (κ2) is 10.0. The molecule has 0 radical (unpaired) electrons. The third-order valence-corrected chi connectivity index (χ3v) is 8.00. The number of hydrogen-bond acceptors (Lipinski definition) is 7. The molecule has 3 fully saturated rings. The van der Waals surface area contributed by atoms with Crippen LogP contribution >= 0.6 is 0 Å². The molecule has 8 nitrogen and oxygen atoms in total. The highest BCUT2D eigenvalue weighted by Gasteiger charge is 2.36. The Morgan fingerprint density at radius 1 is 1.06 bits per heavy atom. The number of piperidine rings is 1. The summed E-state index contributed by atoms with van der Waals surface area (Å²) in [6.07, 6.45) is 6.85. The fourth-order valence-corrected chi connectivity index (χ4v) is 5.66. The Labute approximate surface area is 201 Å². The largest absolute Gasteiger partial charge is 0.489 e. The molecule has 3 heterocycles. The van der Waals surface area contributed by atoms with Gasteiger partial charge in [0.1, 0.15) is 23.3 Å². The van der Waals surface area contributed by atoms with Crippen molar-refractivity contribution in [3.8, 4) is 11.6 Å². The van der Waals surface area contributed by atoms with Crippen molar-refractivity contribution in [3.05, 3.63) is 18.2 Å². The van der Waals surface area contributed by atoms with Gasteiger partial charge in [-0.1, -0.05) is 6.07 Å². The quantitative estimate of drug-likeness (QED) is 0.564. The SMILES string of the molecule is CC1(O)CCC(Oc2cccc3onc(OCC4CC[NH+](CC5(O)CCOCC5)CC4)c23)CC1. The van der Waals surface area contributed by atoms with Crippen LogP contribution in [0.25, 0.3) is 11.0 Å². The second-order valence-electron chi connectivity index (χ2n) is 10.9. The van der Waals surface area contributed by atoms with Gasteiger partial charge in [0.2, 0.25) is 0 Å². The van der Waals surface area contributed by atoms with Crippen LogP contribution in [0.2, 0.25) is 0 Å². The molecule has 188 valence electrons. The summed E-state index contributed by atoms with van der Waals surface area (Å²) >= 11 is 0. The van der Waals surface area contributed by atoms with E-state index >= 15 is 0 Å². The van der Waals surface area contributed by atoms with E-state index in [1.54, 1.807) is 0 Å². The summed E-state index contributed by atoms with van der Waals surface area (Å²) in [6, 6.07) is 5.75. The maximum Gasteiger partial charge on any atom is 0.265 e. The molecule has 5 rings (SSSR count). The highest BCUT2D eigenvalue weighted by Crippen LogP contribution is 2.37. The van der Waals surface area contributed by atoms with Crippen LogP contribution in [0, 0.1) is 5.92 Å². The minimum atomic E-state index is -0.586. The first-order valence-electron chi connectivity index (χ1n) is 12.9. The minimum Gasteiger partial charge on any atom is -0.489 e. The topological polar surface area (TPSA) is 98.6 Å². The smallest absolute Gasteiger partial charge is 0.265 e. The zero-order valence-electron chi connectivity index (χ0n) is 20.3. The zero-order chi connectivity index (χ0) is 23.6. The molecule has 0 spiro atoms. The lowest BCUT2D eigenvalue weighted by molar-refractivity contribution is -0.912. The standard InChI is InChI=1S/C26H38N2O6/c1-25(29)9-5-20(6-10-25)33-21-3-2-4-22-23(21)24(27-34-22)32-17-19-7-13-28(14-8-19)18-26(30)11-15-31-16-12-26/h2-4,19-20,29-30H,5-18H2,1H3/p+1. The van der Waals surface area contributed by atoms with Crippen LogP contribution in [0.1, 0.15) is 58.3 Å². The molecule has 3 N–H and O–H groups in total. The molecule has 8 heteroatoms. The van der Waals surface area contributed by atoms with Crippen molar-refractivity contribution in [2.24, 2.45) is 5.92 Å². The van der Waals surface area contributed by atoms with Gasteiger partial charge in [-0.2, -0.15) is 0 Å². The van der Waals surface area contributed by atoms with Crippen molar-refractivity contribution in [2.45, 2.75) is 75.6 Å². The predicted molar refractivity (Wildman–Crippen MR) is 126 cm³/mol. The normalized spacial score (nSPS) is 31.9. The number of nitrogens with zero attached hydrogens (tertiary/aromatic N) is 1. The first-order chi connectivity index (χ1) is 16.4. The molecular formula is C26H39N2O6+. The molecule has 1 aromatic heterocycles. The number of aliphatic hydroxyl groups is 2. The molecule has 34 heavy (non-hydrogen) atoms. The van der Waals surface area contributed by atoms with Crippen molar-refractivity contribution in [1.82, 2.24) is 5.16 Å². The Hall–Kier alpha value is -1.87. The summed E-state index contributed by atoms with van der Waals surface area (Å²) in [5, 5.41) is 26.0. The van der Waals surface area contributed by atoms with E-state index < -0.39 is 11.2 Å². The van der Waals surface area contributed by atoms with Crippen LogP contribution in [-0.4, -0.2) is 72.1 Å². The number of nitrogens with one attached hydrogen (secondary N) is 1. The zero-order valence-corrected chi connectivity index (χ0v) is 20.3. The number of ether oxygens (including phenoxy) is 3. The molecular weight excluding hydrogens is 436 g/mol. The van der Waals surface area contributed by atoms with Gasteiger partial charge in [-0.15, -0.1) is 0 Å². The Balaban J connectivity index is 1.15. The van der Waals surface area contributed by atoms with Gasteiger partial charge in [0.15, 0.2) is 5.58 Å². The first kappa shape index (κ1) is 23.9. The van der Waals surface area contributed by atoms with Crippen molar-refractivity contribution in [2.75, 3.05) is 39.5 Å². The third kappa shape index (κ3) is 5.67. The molecule has 0 amide bonds. The maximum absolute atomic E-state index is 10.8. The highest BCUT2D eigenvalue weighted by atomic mass is 16.5. The fraction of sp³-hybridized carbons (Fsp3) is 0.731. The molecule has 1 aromatic carbocycles. The van der Waals surface area contributed by atoms with E-state index in [2.05, 4.69) is 5.16 Å². The monoisotopic (exact) mass is 475 g/mol. The average Bonchev–Trinajstić information content (AvgIpc) is 3.24. The average molecular weight is 476 g/mol. The van der Waals surface area contributed by atoms with Gasteiger partial charge in [0.05, 0.1) is 31.4 Å². The Morgan fingerprint density at radius 3 is 2.53 bits per heavy atom. The minimum absolute atomic E-state index is 0.0754. The lowest BCUT2D eigenvalue weighted by Gasteiger charge is -2.37. The van der Waals surface area contributed by atoms with E-state index in [1.165, 1.54) is 4.90 Å². The second-order valence-corrected chi connectivity index (χ2v) is 10.9. The number of fused-ring (bicyclic) bond motifs is 1. The van der Waals surface area contributed by atoms with Gasteiger partial charge in [-0.3, -0.25) is 0 Å². The number of likely N-dealkylation sites (tertiary alicyclic amines) is 1. The maximum atomic E-state index is 10.8. The van der Waals surface area contributed by atoms with E-state index in [1.807, 2.05) is 25.1 Å². The van der Waals surface area contributed by atoms with Crippen LogP contribution in [0.3, 0.4) is 0 Å². The van der Waals surface area contributed by atoms with Gasteiger partial charge in [0, 0.05) is 44.8 Å². The molecule has 2 aliphatic heterocycles. The summed E-state index contributed by atoms with van der Waals surface area (Å²) in [5.74, 6) is 1.71. The number of rotatable bonds is 7. The summed E-state index contributed by atoms with van der Waals surface area (Å²) in [6.45, 7) is 6.75. The molecule has 0 atom stereocenters. The van der Waals surface area contributed by atoms with Crippen LogP contribution in [0.15, 0.2) is 22.7 Å². The molecule has 3 aliphatic rings. The highest BCUT2D eigenvalue weighted by molar-refractivity contribution is 5.88. The van der Waals surface area contributed by atoms with Crippen LogP contribution in [0.4, 0.5) is 0 Å². The Kier molecular flexibility index (Phi) is 7.02. The van der Waals surface area contributed by atoms with Gasteiger partial charge < -0.3 is 33.8 Å². The lowest BCUT2D eigenvalue weighted by atomic mass is 9.85. The Bertz CT molecular complexity index is 936.